The van der Waals surface area contributed by atoms with Crippen LogP contribution in [0.1, 0.15) is 22.4 Å². The maximum atomic E-state index is 12.5. The average Bonchev–Trinajstić information content (AvgIpc) is 2.86. The highest BCUT2D eigenvalue weighted by molar-refractivity contribution is 5.97. The molecule has 2 N–H and O–H groups in total. The van der Waals surface area contributed by atoms with Crippen molar-refractivity contribution in [2.75, 3.05) is 23.8 Å². The molecule has 0 bridgehead atoms. The van der Waals surface area contributed by atoms with Crippen LogP contribution in [0.3, 0.4) is 0 Å². The molecule has 1 aromatic carbocycles. The topological polar surface area (TPSA) is 73.9 Å². The number of likely N-dealkylation sites (N-methyl/N-ethyl adjacent to an activating group) is 1. The van der Waals surface area contributed by atoms with Crippen LogP contribution in [0.15, 0.2) is 24.5 Å². The van der Waals surface area contributed by atoms with E-state index in [2.05, 4.69) is 20.3 Å². The molecule has 0 aliphatic heterocycles. The molecule has 0 aliphatic carbocycles. The van der Waals surface area contributed by atoms with E-state index in [9.17, 15) is 4.79 Å². The predicted molar refractivity (Wildman–Crippen MR) is 101 cm³/mol. The Morgan fingerprint density at radius 2 is 1.84 bits per heavy atom. The lowest BCUT2D eigenvalue weighted by Crippen LogP contribution is -2.31. The second kappa shape index (κ2) is 6.55. The average molecular weight is 337 g/mol. The van der Waals surface area contributed by atoms with Gasteiger partial charge in [-0.15, -0.1) is 0 Å². The van der Waals surface area contributed by atoms with Crippen LogP contribution in [-0.4, -0.2) is 34.5 Å². The summed E-state index contributed by atoms with van der Waals surface area (Å²) in [5.74, 6) is 0.681. The monoisotopic (exact) mass is 337 g/mol. The number of benzene rings is 1. The Morgan fingerprint density at radius 3 is 2.52 bits per heavy atom. The lowest BCUT2D eigenvalue weighted by molar-refractivity contribution is -0.114. The molecule has 3 rings (SSSR count). The molecule has 2 heterocycles. The van der Waals surface area contributed by atoms with E-state index in [1.165, 1.54) is 6.33 Å². The molecule has 0 radical (unpaired) electrons. The molecule has 0 saturated carbocycles. The van der Waals surface area contributed by atoms with E-state index < -0.39 is 0 Å². The zero-order valence-electron chi connectivity index (χ0n) is 15.3. The molecule has 1 amide bonds. The fourth-order valence-corrected chi connectivity index (χ4v) is 3.05. The number of carbonyl (C=O) groups excluding carboxylic acids is 1. The Balaban J connectivity index is 1.83. The quantitative estimate of drug-likeness (QED) is 0.766. The third-order valence-electron chi connectivity index (χ3n) is 4.56. The zero-order valence-corrected chi connectivity index (χ0v) is 15.3. The fourth-order valence-electron chi connectivity index (χ4n) is 3.05. The predicted octanol–water partition coefficient (Wildman–Crippen LogP) is 3.27. The summed E-state index contributed by atoms with van der Waals surface area (Å²) in [6.07, 6.45) is 1.52. The summed E-state index contributed by atoms with van der Waals surface area (Å²) in [6.45, 7) is 8.24. The largest absolute Gasteiger partial charge is 0.350 e. The maximum absolute atomic E-state index is 12.5. The molecule has 6 heteroatoms. The highest BCUT2D eigenvalue weighted by Gasteiger charge is 2.17. The van der Waals surface area contributed by atoms with Gasteiger partial charge in [0.2, 0.25) is 5.91 Å². The van der Waals surface area contributed by atoms with Gasteiger partial charge < -0.3 is 15.2 Å². The first-order chi connectivity index (χ1) is 11.9. The number of carbonyl (C=O) groups is 1. The summed E-state index contributed by atoms with van der Waals surface area (Å²) in [6, 6.07) is 5.97. The number of nitrogens with zero attached hydrogens (tertiary/aromatic N) is 3. The number of hydrogen-bond donors (Lipinski definition) is 2. The molecule has 3 aromatic rings. The van der Waals surface area contributed by atoms with E-state index in [0.29, 0.717) is 0 Å². The number of amides is 1. The van der Waals surface area contributed by atoms with E-state index in [1.54, 1.807) is 0 Å². The molecule has 130 valence electrons. The number of para-hydroxylation sites is 1. The minimum atomic E-state index is -0.0726. The first-order valence-electron chi connectivity index (χ1n) is 8.25. The number of anilines is 2. The van der Waals surface area contributed by atoms with Crippen LogP contribution in [0.2, 0.25) is 0 Å². The molecule has 25 heavy (non-hydrogen) atoms. The van der Waals surface area contributed by atoms with Crippen molar-refractivity contribution in [3.63, 3.8) is 0 Å². The van der Waals surface area contributed by atoms with Crippen LogP contribution < -0.4 is 10.2 Å². The van der Waals surface area contributed by atoms with Gasteiger partial charge in [-0.05, 0) is 44.4 Å². The van der Waals surface area contributed by atoms with Crippen molar-refractivity contribution >= 4 is 28.4 Å². The van der Waals surface area contributed by atoms with Gasteiger partial charge in [-0.1, -0.05) is 18.2 Å². The third kappa shape index (κ3) is 3.20. The van der Waals surface area contributed by atoms with Crippen molar-refractivity contribution in [2.45, 2.75) is 27.7 Å². The van der Waals surface area contributed by atoms with E-state index in [4.69, 9.17) is 0 Å². The standard InChI is InChI=1S/C19H23N5O/c1-11-7-6-8-12(2)17(11)23-15(25)9-24(5)19-16-13(3)14(4)22-18(16)20-10-21-19/h6-8,10H,9H2,1-5H3,(H,23,25)(H,20,21,22). The highest BCUT2D eigenvalue weighted by Crippen LogP contribution is 2.27. The smallest absolute Gasteiger partial charge is 0.243 e. The Labute approximate surface area is 147 Å². The van der Waals surface area contributed by atoms with Crippen molar-refractivity contribution in [3.8, 4) is 0 Å². The summed E-state index contributed by atoms with van der Waals surface area (Å²) in [5, 5.41) is 3.98. The van der Waals surface area contributed by atoms with Crippen LogP contribution >= 0.6 is 0 Å². The van der Waals surface area contributed by atoms with Gasteiger partial charge in [0.25, 0.3) is 0 Å². The summed E-state index contributed by atoms with van der Waals surface area (Å²) >= 11 is 0. The summed E-state index contributed by atoms with van der Waals surface area (Å²) in [4.78, 5) is 26.3. The van der Waals surface area contributed by atoms with Crippen LogP contribution in [0.25, 0.3) is 11.0 Å². The van der Waals surface area contributed by atoms with E-state index in [1.807, 2.05) is 57.8 Å². The number of nitrogens with one attached hydrogen (secondary N) is 2. The van der Waals surface area contributed by atoms with Gasteiger partial charge in [-0.2, -0.15) is 0 Å². The number of aromatic amines is 1. The van der Waals surface area contributed by atoms with Crippen LogP contribution in [-0.2, 0) is 4.79 Å². The van der Waals surface area contributed by atoms with Gasteiger partial charge in [-0.25, -0.2) is 9.97 Å². The van der Waals surface area contributed by atoms with Gasteiger partial charge >= 0.3 is 0 Å². The third-order valence-corrected chi connectivity index (χ3v) is 4.56. The van der Waals surface area contributed by atoms with E-state index >= 15 is 0 Å². The van der Waals surface area contributed by atoms with Crippen molar-refractivity contribution < 1.29 is 4.79 Å². The Hall–Kier alpha value is -2.89. The number of aryl methyl sites for hydroxylation is 4. The second-order valence-electron chi connectivity index (χ2n) is 6.47. The lowest BCUT2D eigenvalue weighted by atomic mass is 10.1. The molecule has 0 aliphatic rings. The van der Waals surface area contributed by atoms with Gasteiger partial charge in [0.15, 0.2) is 0 Å². The van der Waals surface area contributed by atoms with Gasteiger partial charge in [-0.3, -0.25) is 4.79 Å². The molecule has 0 atom stereocenters. The number of fused-ring (bicyclic) bond motifs is 1. The van der Waals surface area contributed by atoms with Crippen molar-refractivity contribution in [1.29, 1.82) is 0 Å². The minimum absolute atomic E-state index is 0.0726. The van der Waals surface area contributed by atoms with Crippen molar-refractivity contribution in [3.05, 3.63) is 46.9 Å². The molecule has 0 spiro atoms. The lowest BCUT2D eigenvalue weighted by Gasteiger charge is -2.19. The molecule has 0 fully saturated rings. The first-order valence-corrected chi connectivity index (χ1v) is 8.25. The number of aromatic nitrogens is 3. The van der Waals surface area contributed by atoms with Crippen LogP contribution in [0.4, 0.5) is 11.5 Å². The second-order valence-corrected chi connectivity index (χ2v) is 6.47. The van der Waals surface area contributed by atoms with Gasteiger partial charge in [0, 0.05) is 18.4 Å². The molecular formula is C19H23N5O. The van der Waals surface area contributed by atoms with E-state index in [0.717, 1.165) is 44.9 Å². The number of rotatable bonds is 4. The summed E-state index contributed by atoms with van der Waals surface area (Å²) < 4.78 is 0. The number of hydrogen-bond acceptors (Lipinski definition) is 4. The molecule has 6 nitrogen and oxygen atoms in total. The number of H-pyrrole nitrogens is 1. The van der Waals surface area contributed by atoms with Crippen molar-refractivity contribution in [1.82, 2.24) is 15.0 Å². The van der Waals surface area contributed by atoms with Gasteiger partial charge in [0.05, 0.1) is 11.9 Å². The maximum Gasteiger partial charge on any atom is 0.243 e. The Bertz CT molecular complexity index is 924. The van der Waals surface area contributed by atoms with Gasteiger partial charge in [0.1, 0.15) is 17.8 Å². The SMILES string of the molecule is Cc1cccc(C)c1NC(=O)CN(C)c1ncnc2[nH]c(C)c(C)c12. The highest BCUT2D eigenvalue weighted by atomic mass is 16.2. The molecule has 0 saturated heterocycles. The first kappa shape index (κ1) is 17.0. The van der Waals surface area contributed by atoms with Crippen molar-refractivity contribution in [2.24, 2.45) is 0 Å². The molecular weight excluding hydrogens is 314 g/mol. The van der Waals surface area contributed by atoms with E-state index in [-0.39, 0.29) is 12.5 Å². The Morgan fingerprint density at radius 1 is 1.16 bits per heavy atom. The minimum Gasteiger partial charge on any atom is -0.350 e. The Kier molecular flexibility index (Phi) is 4.44. The van der Waals surface area contributed by atoms with Crippen LogP contribution in [0.5, 0.6) is 0 Å². The fraction of sp³-hybridized carbons (Fsp3) is 0.316. The summed E-state index contributed by atoms with van der Waals surface area (Å²) in [5.41, 5.74) is 5.94. The molecule has 2 aromatic heterocycles. The van der Waals surface area contributed by atoms with Crippen LogP contribution in [0, 0.1) is 27.7 Å². The summed E-state index contributed by atoms with van der Waals surface area (Å²) in [7, 11) is 1.87. The zero-order chi connectivity index (χ0) is 18.1. The molecule has 0 unspecified atom stereocenters. The normalized spacial score (nSPS) is 10.9.